The standard InChI is InChI=1S/C17H25ClN2O3/c1-23-16(21)20-10-4-8-17(22,14-6-3-9-19-12-14)13-5-2-7-15(18)11-13/h2,5,7,11,14,19,22H,3-4,6,8-10,12H2,1H3,(H,20,21). The highest BCUT2D eigenvalue weighted by atomic mass is 35.5. The minimum Gasteiger partial charge on any atom is -0.453 e. The van der Waals surface area contributed by atoms with E-state index in [4.69, 9.17) is 11.6 Å². The Balaban J connectivity index is 2.09. The molecule has 0 saturated carbocycles. The lowest BCUT2D eigenvalue weighted by atomic mass is 9.74. The van der Waals surface area contributed by atoms with Crippen molar-refractivity contribution < 1.29 is 14.6 Å². The van der Waals surface area contributed by atoms with Crippen LogP contribution in [0.2, 0.25) is 5.02 Å². The summed E-state index contributed by atoms with van der Waals surface area (Å²) in [6.45, 7) is 2.25. The number of hydrogen-bond donors (Lipinski definition) is 3. The molecule has 1 saturated heterocycles. The topological polar surface area (TPSA) is 70.6 Å². The second-order valence-electron chi connectivity index (χ2n) is 6.00. The van der Waals surface area contributed by atoms with E-state index in [-0.39, 0.29) is 5.92 Å². The van der Waals surface area contributed by atoms with Crippen LogP contribution in [-0.4, -0.2) is 37.9 Å². The van der Waals surface area contributed by atoms with E-state index in [9.17, 15) is 9.90 Å². The van der Waals surface area contributed by atoms with E-state index < -0.39 is 11.7 Å². The average molecular weight is 341 g/mol. The predicted octanol–water partition coefficient (Wildman–Crippen LogP) is 2.66. The van der Waals surface area contributed by atoms with Gasteiger partial charge in [-0.15, -0.1) is 0 Å². The lowest BCUT2D eigenvalue weighted by Crippen LogP contribution is -2.44. The fourth-order valence-electron chi connectivity index (χ4n) is 3.22. The molecule has 23 heavy (non-hydrogen) atoms. The van der Waals surface area contributed by atoms with Crippen LogP contribution in [0.25, 0.3) is 0 Å². The largest absolute Gasteiger partial charge is 0.453 e. The van der Waals surface area contributed by atoms with Gasteiger partial charge in [0.25, 0.3) is 0 Å². The number of methoxy groups -OCH3 is 1. The van der Waals surface area contributed by atoms with Crippen LogP contribution in [0.1, 0.15) is 31.2 Å². The van der Waals surface area contributed by atoms with Crippen molar-refractivity contribution in [2.45, 2.75) is 31.3 Å². The van der Waals surface area contributed by atoms with Crippen LogP contribution in [-0.2, 0) is 10.3 Å². The fourth-order valence-corrected chi connectivity index (χ4v) is 3.41. The molecule has 2 rings (SSSR count). The monoisotopic (exact) mass is 340 g/mol. The van der Waals surface area contributed by atoms with Crippen molar-refractivity contribution in [2.24, 2.45) is 5.92 Å². The molecule has 5 nitrogen and oxygen atoms in total. The lowest BCUT2D eigenvalue weighted by Gasteiger charge is -2.39. The van der Waals surface area contributed by atoms with Gasteiger partial charge in [-0.05, 0) is 49.9 Å². The second-order valence-corrected chi connectivity index (χ2v) is 6.44. The van der Waals surface area contributed by atoms with E-state index in [1.165, 1.54) is 7.11 Å². The minimum atomic E-state index is -0.948. The zero-order valence-corrected chi connectivity index (χ0v) is 14.2. The minimum absolute atomic E-state index is 0.132. The van der Waals surface area contributed by atoms with Gasteiger partial charge in [0, 0.05) is 24.0 Å². The number of piperidine rings is 1. The van der Waals surface area contributed by atoms with Gasteiger partial charge < -0.3 is 20.5 Å². The number of aliphatic hydroxyl groups is 1. The van der Waals surface area contributed by atoms with Crippen molar-refractivity contribution >= 4 is 17.7 Å². The lowest BCUT2D eigenvalue weighted by molar-refractivity contribution is -0.0420. The molecule has 1 aliphatic rings. The smallest absolute Gasteiger partial charge is 0.406 e. The first-order valence-electron chi connectivity index (χ1n) is 8.07. The van der Waals surface area contributed by atoms with Crippen LogP contribution in [0, 0.1) is 5.92 Å². The summed E-state index contributed by atoms with van der Waals surface area (Å²) in [4.78, 5) is 11.1. The van der Waals surface area contributed by atoms with Gasteiger partial charge in [-0.3, -0.25) is 0 Å². The number of carbonyl (C=O) groups excluding carboxylic acids is 1. The van der Waals surface area contributed by atoms with Crippen molar-refractivity contribution in [2.75, 3.05) is 26.7 Å². The first-order chi connectivity index (χ1) is 11.1. The third-order valence-corrected chi connectivity index (χ3v) is 4.72. The molecule has 1 fully saturated rings. The Morgan fingerprint density at radius 1 is 1.57 bits per heavy atom. The van der Waals surface area contributed by atoms with Crippen molar-refractivity contribution in [3.63, 3.8) is 0 Å². The van der Waals surface area contributed by atoms with Gasteiger partial charge >= 0.3 is 6.09 Å². The number of carbonyl (C=O) groups is 1. The van der Waals surface area contributed by atoms with Crippen LogP contribution in [0.5, 0.6) is 0 Å². The number of amides is 1. The maximum atomic E-state index is 11.4. The molecule has 2 unspecified atom stereocenters. The van der Waals surface area contributed by atoms with E-state index in [1.54, 1.807) is 0 Å². The molecule has 0 radical (unpaired) electrons. The van der Waals surface area contributed by atoms with Crippen LogP contribution in [0.3, 0.4) is 0 Å². The zero-order chi connectivity index (χ0) is 16.7. The summed E-state index contributed by atoms with van der Waals surface area (Å²) < 4.78 is 4.56. The van der Waals surface area contributed by atoms with Gasteiger partial charge in [0.2, 0.25) is 0 Å². The van der Waals surface area contributed by atoms with Crippen molar-refractivity contribution in [3.8, 4) is 0 Å². The molecule has 1 aliphatic heterocycles. The first kappa shape index (κ1) is 18.0. The molecule has 1 aromatic rings. The Morgan fingerprint density at radius 3 is 3.04 bits per heavy atom. The summed E-state index contributed by atoms with van der Waals surface area (Å²) in [5.41, 5.74) is -0.104. The second kappa shape index (κ2) is 8.52. The van der Waals surface area contributed by atoms with Gasteiger partial charge in [-0.25, -0.2) is 4.79 Å². The summed E-state index contributed by atoms with van der Waals surface area (Å²) in [6, 6.07) is 7.44. The first-order valence-corrected chi connectivity index (χ1v) is 8.45. The molecule has 128 valence electrons. The predicted molar refractivity (Wildman–Crippen MR) is 90.6 cm³/mol. The summed E-state index contributed by atoms with van der Waals surface area (Å²) in [5.74, 6) is 0.132. The molecule has 0 aliphatic carbocycles. The normalized spacial score (nSPS) is 20.6. The van der Waals surface area contributed by atoms with E-state index >= 15 is 0 Å². The summed E-state index contributed by atoms with van der Waals surface area (Å²) >= 11 is 6.11. The average Bonchev–Trinajstić information content (AvgIpc) is 2.59. The number of nitrogens with one attached hydrogen (secondary N) is 2. The Morgan fingerprint density at radius 2 is 2.39 bits per heavy atom. The molecule has 0 spiro atoms. The fraction of sp³-hybridized carbons (Fsp3) is 0.588. The Kier molecular flexibility index (Phi) is 6.69. The molecule has 1 aromatic carbocycles. The van der Waals surface area contributed by atoms with Gasteiger partial charge in [0.05, 0.1) is 12.7 Å². The number of hydrogen-bond acceptors (Lipinski definition) is 4. The summed E-state index contributed by atoms with van der Waals surface area (Å²) in [6.07, 6.45) is 2.79. The number of rotatable bonds is 6. The number of alkyl carbamates (subject to hydrolysis) is 1. The molecule has 1 heterocycles. The molecule has 3 N–H and O–H groups in total. The molecule has 1 amide bonds. The highest BCUT2D eigenvalue weighted by Crippen LogP contribution is 2.38. The number of benzene rings is 1. The molecular weight excluding hydrogens is 316 g/mol. The SMILES string of the molecule is COC(=O)NCCCC(O)(c1cccc(Cl)c1)C1CCCNC1. The Labute approximate surface area is 142 Å². The van der Waals surface area contributed by atoms with Crippen LogP contribution in [0.15, 0.2) is 24.3 Å². The van der Waals surface area contributed by atoms with Crippen LogP contribution >= 0.6 is 11.6 Å². The van der Waals surface area contributed by atoms with Crippen molar-refractivity contribution in [3.05, 3.63) is 34.9 Å². The molecule has 2 atom stereocenters. The van der Waals surface area contributed by atoms with Gasteiger partial charge in [0.15, 0.2) is 0 Å². The highest BCUT2D eigenvalue weighted by Gasteiger charge is 2.38. The van der Waals surface area contributed by atoms with Gasteiger partial charge in [-0.2, -0.15) is 0 Å². The Bertz CT molecular complexity index is 520. The van der Waals surface area contributed by atoms with Gasteiger partial charge in [-0.1, -0.05) is 23.7 Å². The highest BCUT2D eigenvalue weighted by molar-refractivity contribution is 6.30. The zero-order valence-electron chi connectivity index (χ0n) is 13.5. The molecular formula is C17H25ClN2O3. The molecule has 6 heteroatoms. The maximum Gasteiger partial charge on any atom is 0.406 e. The summed E-state index contributed by atoms with van der Waals surface area (Å²) in [5, 5.41) is 18.1. The maximum absolute atomic E-state index is 11.4. The number of halogens is 1. The van der Waals surface area contributed by atoms with Crippen molar-refractivity contribution in [1.29, 1.82) is 0 Å². The third-order valence-electron chi connectivity index (χ3n) is 4.49. The van der Waals surface area contributed by atoms with Crippen molar-refractivity contribution in [1.82, 2.24) is 10.6 Å². The van der Waals surface area contributed by atoms with E-state index in [0.717, 1.165) is 31.5 Å². The molecule has 0 aromatic heterocycles. The number of ether oxygens (including phenoxy) is 1. The molecule has 0 bridgehead atoms. The van der Waals surface area contributed by atoms with E-state index in [1.807, 2.05) is 24.3 Å². The third kappa shape index (κ3) is 4.83. The Hall–Kier alpha value is -1.30. The van der Waals surface area contributed by atoms with E-state index in [0.29, 0.717) is 24.4 Å². The van der Waals surface area contributed by atoms with Crippen LogP contribution in [0.4, 0.5) is 4.79 Å². The van der Waals surface area contributed by atoms with Gasteiger partial charge in [0.1, 0.15) is 0 Å². The van der Waals surface area contributed by atoms with E-state index in [2.05, 4.69) is 15.4 Å². The summed E-state index contributed by atoms with van der Waals surface area (Å²) in [7, 11) is 1.34. The quantitative estimate of drug-likeness (QED) is 0.696. The van der Waals surface area contributed by atoms with Crippen LogP contribution < -0.4 is 10.6 Å².